The first kappa shape index (κ1) is 22.9. The lowest BCUT2D eigenvalue weighted by Crippen LogP contribution is -2.41. The van der Waals surface area contributed by atoms with Crippen LogP contribution in [0.25, 0.3) is 0 Å². The molecule has 0 atom stereocenters. The van der Waals surface area contributed by atoms with E-state index in [0.29, 0.717) is 52.9 Å². The predicted octanol–water partition coefficient (Wildman–Crippen LogP) is 3.04. The highest BCUT2D eigenvalue weighted by atomic mass is 28.4. The summed E-state index contributed by atoms with van der Waals surface area (Å²) in [4.78, 5) is 0. The quantitative estimate of drug-likeness (QED) is 0.334. The minimum Gasteiger partial charge on any atom is -0.414 e. The molecule has 7 heteroatoms. The fraction of sp³-hybridized carbons (Fsp3) is 1.00. The summed E-state index contributed by atoms with van der Waals surface area (Å²) in [7, 11) is -1.67. The van der Waals surface area contributed by atoms with Crippen molar-refractivity contribution in [2.45, 2.75) is 38.9 Å². The average Bonchev–Trinajstić information content (AvgIpc) is 2.46. The van der Waals surface area contributed by atoms with E-state index in [2.05, 4.69) is 33.9 Å². The molecular formula is C16H35FO5Si. The van der Waals surface area contributed by atoms with Gasteiger partial charge in [-0.25, -0.2) is 4.39 Å². The molecule has 140 valence electrons. The Hall–Kier alpha value is -0.0531. The van der Waals surface area contributed by atoms with E-state index in [1.807, 2.05) is 0 Å². The van der Waals surface area contributed by atoms with Crippen molar-refractivity contribution in [1.82, 2.24) is 0 Å². The Kier molecular flexibility index (Phi) is 13.2. The van der Waals surface area contributed by atoms with Gasteiger partial charge in [0.1, 0.15) is 6.67 Å². The molecule has 0 N–H and O–H groups in total. The van der Waals surface area contributed by atoms with Crippen LogP contribution in [0.4, 0.5) is 4.39 Å². The van der Waals surface area contributed by atoms with Gasteiger partial charge in [0.15, 0.2) is 8.32 Å². The maximum absolute atomic E-state index is 11.7. The second kappa shape index (κ2) is 13.3. The van der Waals surface area contributed by atoms with Crippen LogP contribution in [-0.2, 0) is 23.4 Å². The number of hydrogen-bond donors (Lipinski definition) is 0. The van der Waals surface area contributed by atoms with Gasteiger partial charge in [0.2, 0.25) is 0 Å². The molecular weight excluding hydrogens is 319 g/mol. The molecule has 0 fully saturated rings. The van der Waals surface area contributed by atoms with Gasteiger partial charge >= 0.3 is 0 Å². The van der Waals surface area contributed by atoms with Gasteiger partial charge in [0.25, 0.3) is 0 Å². The molecule has 0 aromatic rings. The van der Waals surface area contributed by atoms with E-state index in [1.54, 1.807) is 0 Å². The largest absolute Gasteiger partial charge is 0.414 e. The molecule has 23 heavy (non-hydrogen) atoms. The van der Waals surface area contributed by atoms with Crippen molar-refractivity contribution in [3.05, 3.63) is 0 Å². The number of hydrogen-bond acceptors (Lipinski definition) is 5. The Bertz CT molecular complexity index is 272. The molecule has 0 saturated carbocycles. The van der Waals surface area contributed by atoms with E-state index in [1.165, 1.54) is 0 Å². The van der Waals surface area contributed by atoms with Crippen molar-refractivity contribution in [3.8, 4) is 0 Å². The molecule has 0 aromatic carbocycles. The molecule has 0 aliphatic rings. The van der Waals surface area contributed by atoms with Crippen molar-refractivity contribution in [2.75, 3.05) is 66.1 Å². The summed E-state index contributed by atoms with van der Waals surface area (Å²) in [5.41, 5.74) is 0. The lowest BCUT2D eigenvalue weighted by atomic mass is 10.2. The van der Waals surface area contributed by atoms with E-state index in [9.17, 15) is 4.39 Å². The molecule has 0 amide bonds. The summed E-state index contributed by atoms with van der Waals surface area (Å²) in [5, 5.41) is 0.229. The van der Waals surface area contributed by atoms with Crippen LogP contribution in [-0.4, -0.2) is 74.5 Å². The molecule has 0 radical (unpaired) electrons. The van der Waals surface area contributed by atoms with Crippen molar-refractivity contribution in [3.63, 3.8) is 0 Å². The summed E-state index contributed by atoms with van der Waals surface area (Å²) in [6, 6.07) is 0. The zero-order valence-corrected chi connectivity index (χ0v) is 16.5. The topological polar surface area (TPSA) is 46.2 Å². The fourth-order valence-corrected chi connectivity index (χ4v) is 2.42. The Morgan fingerprint density at radius 1 is 0.652 bits per heavy atom. The van der Waals surface area contributed by atoms with Gasteiger partial charge in [-0.05, 0) is 18.1 Å². The smallest absolute Gasteiger partial charge is 0.192 e. The summed E-state index contributed by atoms with van der Waals surface area (Å²) < 4.78 is 38.8. The monoisotopic (exact) mass is 354 g/mol. The first-order chi connectivity index (χ1) is 10.8. The number of halogens is 1. The van der Waals surface area contributed by atoms with Gasteiger partial charge in [-0.3, -0.25) is 0 Å². The SMILES string of the molecule is CC(C)(C)[Si](C)(C)OCCOCCOCCOCCOCCF. The lowest BCUT2D eigenvalue weighted by Gasteiger charge is -2.36. The summed E-state index contributed by atoms with van der Waals surface area (Å²) >= 11 is 0. The molecule has 5 nitrogen and oxygen atoms in total. The summed E-state index contributed by atoms with van der Waals surface area (Å²) in [6.07, 6.45) is 0. The second-order valence-corrected chi connectivity index (χ2v) is 11.6. The van der Waals surface area contributed by atoms with Crippen LogP contribution >= 0.6 is 0 Å². The fourth-order valence-electron chi connectivity index (χ4n) is 1.39. The van der Waals surface area contributed by atoms with Crippen LogP contribution in [0.15, 0.2) is 0 Å². The van der Waals surface area contributed by atoms with Gasteiger partial charge in [-0.15, -0.1) is 0 Å². The molecule has 0 unspecified atom stereocenters. The molecule has 0 aliphatic heterocycles. The van der Waals surface area contributed by atoms with Crippen LogP contribution in [0.5, 0.6) is 0 Å². The molecule has 0 saturated heterocycles. The third-order valence-electron chi connectivity index (χ3n) is 3.83. The summed E-state index contributed by atoms with van der Waals surface area (Å²) in [5.74, 6) is 0. The summed E-state index contributed by atoms with van der Waals surface area (Å²) in [6.45, 7) is 15.1. The third kappa shape index (κ3) is 13.0. The normalized spacial score (nSPS) is 12.8. The standard InChI is InChI=1S/C16H35FO5Si/c1-16(2,3)23(4,5)22-15-14-21-13-12-20-11-10-19-9-8-18-7-6-17/h6-15H2,1-5H3. The first-order valence-corrected chi connectivity index (χ1v) is 11.2. The third-order valence-corrected chi connectivity index (χ3v) is 8.37. The van der Waals surface area contributed by atoms with E-state index >= 15 is 0 Å². The average molecular weight is 355 g/mol. The van der Waals surface area contributed by atoms with E-state index in [4.69, 9.17) is 23.4 Å². The second-order valence-electron chi connectivity index (χ2n) is 6.75. The molecule has 0 aliphatic carbocycles. The highest BCUT2D eigenvalue weighted by Gasteiger charge is 2.36. The van der Waals surface area contributed by atoms with Crippen molar-refractivity contribution < 1.29 is 27.8 Å². The van der Waals surface area contributed by atoms with E-state index in [-0.39, 0.29) is 11.6 Å². The van der Waals surface area contributed by atoms with Crippen molar-refractivity contribution in [1.29, 1.82) is 0 Å². The number of ether oxygens (including phenoxy) is 4. The minimum absolute atomic E-state index is 0.135. The van der Waals surface area contributed by atoms with Crippen LogP contribution in [0.1, 0.15) is 20.8 Å². The van der Waals surface area contributed by atoms with Gasteiger partial charge in [-0.2, -0.15) is 0 Å². The van der Waals surface area contributed by atoms with Gasteiger partial charge in [-0.1, -0.05) is 20.8 Å². The predicted molar refractivity (Wildman–Crippen MR) is 92.4 cm³/mol. The maximum atomic E-state index is 11.7. The zero-order chi connectivity index (χ0) is 17.6. The van der Waals surface area contributed by atoms with Gasteiger partial charge in [0.05, 0.1) is 59.5 Å². The van der Waals surface area contributed by atoms with E-state index in [0.717, 1.165) is 0 Å². The Labute approximate surface area is 141 Å². The van der Waals surface area contributed by atoms with Crippen molar-refractivity contribution >= 4 is 8.32 Å². The number of alkyl halides is 1. The Morgan fingerprint density at radius 3 is 1.35 bits per heavy atom. The van der Waals surface area contributed by atoms with Gasteiger partial charge < -0.3 is 23.4 Å². The van der Waals surface area contributed by atoms with Crippen LogP contribution in [0.3, 0.4) is 0 Å². The van der Waals surface area contributed by atoms with Crippen molar-refractivity contribution in [2.24, 2.45) is 0 Å². The minimum atomic E-state index is -1.67. The maximum Gasteiger partial charge on any atom is 0.192 e. The van der Waals surface area contributed by atoms with E-state index < -0.39 is 15.0 Å². The first-order valence-electron chi connectivity index (χ1n) is 8.32. The number of rotatable bonds is 15. The zero-order valence-electron chi connectivity index (χ0n) is 15.5. The highest BCUT2D eigenvalue weighted by Crippen LogP contribution is 2.36. The lowest BCUT2D eigenvalue weighted by molar-refractivity contribution is -0.00599. The Balaban J connectivity index is 3.25. The molecule has 0 rings (SSSR count). The highest BCUT2D eigenvalue weighted by molar-refractivity contribution is 6.74. The molecule has 0 heterocycles. The van der Waals surface area contributed by atoms with Crippen LogP contribution in [0.2, 0.25) is 18.1 Å². The molecule has 0 spiro atoms. The molecule has 0 bridgehead atoms. The van der Waals surface area contributed by atoms with Crippen LogP contribution < -0.4 is 0 Å². The molecule has 0 aromatic heterocycles. The van der Waals surface area contributed by atoms with Crippen LogP contribution in [0, 0.1) is 0 Å². The van der Waals surface area contributed by atoms with Gasteiger partial charge in [0, 0.05) is 0 Å². The Morgan fingerprint density at radius 2 is 1.00 bits per heavy atom.